The Morgan fingerprint density at radius 3 is 1.83 bits per heavy atom. The van der Waals surface area contributed by atoms with Crippen molar-refractivity contribution in [1.82, 2.24) is 0 Å². The molecule has 2 saturated heterocycles. The molecule has 0 amide bonds. The maximum absolute atomic E-state index is 5.49. The van der Waals surface area contributed by atoms with Crippen LogP contribution in [-0.4, -0.2) is 26.4 Å². The predicted octanol–water partition coefficient (Wildman–Crippen LogP) is 1.37. The summed E-state index contributed by atoms with van der Waals surface area (Å²) in [6.45, 7) is 3.71. The Morgan fingerprint density at radius 2 is 1.33 bits per heavy atom. The van der Waals surface area contributed by atoms with Gasteiger partial charge >= 0.3 is 0 Å². The number of fused-ring (bicyclic) bond motifs is 2. The summed E-state index contributed by atoms with van der Waals surface area (Å²) in [6, 6.07) is 0. The minimum atomic E-state index is 0.748. The molecule has 1 aliphatic carbocycles. The first-order chi connectivity index (χ1) is 5.95. The van der Waals surface area contributed by atoms with Crippen LogP contribution in [0.3, 0.4) is 0 Å². The lowest BCUT2D eigenvalue weighted by Gasteiger charge is -2.23. The van der Waals surface area contributed by atoms with Crippen LogP contribution in [0.4, 0.5) is 0 Å². The van der Waals surface area contributed by atoms with Crippen molar-refractivity contribution in [2.24, 2.45) is 11.8 Å². The Hall–Kier alpha value is -0.340. The van der Waals surface area contributed by atoms with Gasteiger partial charge in [0.1, 0.15) is 0 Å². The van der Waals surface area contributed by atoms with Crippen LogP contribution in [0, 0.1) is 11.8 Å². The topological polar surface area (TPSA) is 18.5 Å². The summed E-state index contributed by atoms with van der Waals surface area (Å²) < 4.78 is 11.0. The Balaban J connectivity index is 2.00. The molecule has 66 valence electrons. The zero-order valence-corrected chi connectivity index (χ0v) is 7.21. The highest BCUT2D eigenvalue weighted by Crippen LogP contribution is 2.40. The van der Waals surface area contributed by atoms with E-state index in [1.807, 2.05) is 0 Å². The molecule has 0 spiro atoms. The Labute approximate surface area is 72.5 Å². The van der Waals surface area contributed by atoms with Crippen LogP contribution in [0.5, 0.6) is 0 Å². The van der Waals surface area contributed by atoms with E-state index in [1.165, 1.54) is 12.8 Å². The molecular weight excluding hydrogens is 152 g/mol. The summed E-state index contributed by atoms with van der Waals surface area (Å²) >= 11 is 0. The van der Waals surface area contributed by atoms with E-state index in [0.29, 0.717) is 0 Å². The molecule has 2 nitrogen and oxygen atoms in total. The zero-order chi connectivity index (χ0) is 7.97. The largest absolute Gasteiger partial charge is 0.376 e. The highest BCUT2D eigenvalue weighted by atomic mass is 16.5. The van der Waals surface area contributed by atoms with E-state index in [1.54, 1.807) is 11.1 Å². The third kappa shape index (κ3) is 0.882. The fraction of sp³-hybridized carbons (Fsp3) is 0.800. The lowest BCUT2D eigenvalue weighted by Crippen LogP contribution is -2.17. The van der Waals surface area contributed by atoms with Crippen molar-refractivity contribution in [2.45, 2.75) is 12.8 Å². The monoisotopic (exact) mass is 166 g/mol. The third-order valence-electron chi connectivity index (χ3n) is 3.41. The van der Waals surface area contributed by atoms with E-state index in [-0.39, 0.29) is 0 Å². The molecule has 0 saturated carbocycles. The second-order valence-electron chi connectivity index (χ2n) is 4.05. The van der Waals surface area contributed by atoms with Crippen LogP contribution >= 0.6 is 0 Å². The van der Waals surface area contributed by atoms with Gasteiger partial charge in [-0.05, 0) is 24.0 Å². The maximum Gasteiger partial charge on any atom is 0.0684 e. The quantitative estimate of drug-likeness (QED) is 0.506. The van der Waals surface area contributed by atoms with Gasteiger partial charge in [-0.1, -0.05) is 0 Å². The standard InChI is InChI=1S/C10H14O2/c1-2-8-4-12-6-10(8)9-5-11-3-7(1)9/h7-8H,1-6H2/t7-,8+. The van der Waals surface area contributed by atoms with Crippen LogP contribution in [0.2, 0.25) is 0 Å². The summed E-state index contributed by atoms with van der Waals surface area (Å²) in [5, 5.41) is 0. The molecule has 3 rings (SSSR count). The SMILES string of the molecule is C1OC[C@H]2CC[C@H]3COCC3=C12. The summed E-state index contributed by atoms with van der Waals surface area (Å²) in [7, 11) is 0. The van der Waals surface area contributed by atoms with Crippen molar-refractivity contribution in [3.05, 3.63) is 11.1 Å². The van der Waals surface area contributed by atoms with Crippen molar-refractivity contribution < 1.29 is 9.47 Å². The summed E-state index contributed by atoms with van der Waals surface area (Å²) in [6.07, 6.45) is 2.65. The number of hydrogen-bond acceptors (Lipinski definition) is 2. The molecule has 2 heteroatoms. The van der Waals surface area contributed by atoms with Gasteiger partial charge < -0.3 is 9.47 Å². The molecule has 0 bridgehead atoms. The predicted molar refractivity (Wildman–Crippen MR) is 44.9 cm³/mol. The molecule has 0 N–H and O–H groups in total. The van der Waals surface area contributed by atoms with Gasteiger partial charge in [-0.25, -0.2) is 0 Å². The average Bonchev–Trinajstić information content (AvgIpc) is 2.71. The number of rotatable bonds is 0. The summed E-state index contributed by atoms with van der Waals surface area (Å²) in [5.74, 6) is 1.50. The van der Waals surface area contributed by atoms with Gasteiger partial charge in [0.05, 0.1) is 26.4 Å². The highest BCUT2D eigenvalue weighted by Gasteiger charge is 2.35. The van der Waals surface area contributed by atoms with E-state index in [0.717, 1.165) is 38.3 Å². The second kappa shape index (κ2) is 2.57. The number of hydrogen-bond donors (Lipinski definition) is 0. The Bertz CT molecular complexity index is 208. The van der Waals surface area contributed by atoms with Crippen molar-refractivity contribution >= 4 is 0 Å². The first-order valence-electron chi connectivity index (χ1n) is 4.82. The molecule has 12 heavy (non-hydrogen) atoms. The van der Waals surface area contributed by atoms with Gasteiger partial charge in [0.15, 0.2) is 0 Å². The normalized spacial score (nSPS) is 40.0. The molecule has 3 aliphatic rings. The summed E-state index contributed by atoms with van der Waals surface area (Å²) in [4.78, 5) is 0. The third-order valence-corrected chi connectivity index (χ3v) is 3.41. The maximum atomic E-state index is 5.49. The average molecular weight is 166 g/mol. The van der Waals surface area contributed by atoms with Crippen LogP contribution in [0.15, 0.2) is 11.1 Å². The Kier molecular flexibility index (Phi) is 1.52. The molecule has 2 heterocycles. The molecular formula is C10H14O2. The van der Waals surface area contributed by atoms with Crippen LogP contribution < -0.4 is 0 Å². The van der Waals surface area contributed by atoms with Gasteiger partial charge in [0, 0.05) is 11.8 Å². The van der Waals surface area contributed by atoms with Crippen molar-refractivity contribution in [3.8, 4) is 0 Å². The lowest BCUT2D eigenvalue weighted by atomic mass is 9.80. The molecule has 2 atom stereocenters. The van der Waals surface area contributed by atoms with Gasteiger partial charge in [-0.3, -0.25) is 0 Å². The fourth-order valence-corrected chi connectivity index (χ4v) is 2.69. The molecule has 2 aliphatic heterocycles. The van der Waals surface area contributed by atoms with Gasteiger partial charge in [0.25, 0.3) is 0 Å². The molecule has 0 unspecified atom stereocenters. The van der Waals surface area contributed by atoms with E-state index in [9.17, 15) is 0 Å². The molecule has 0 aromatic carbocycles. The first kappa shape index (κ1) is 7.10. The van der Waals surface area contributed by atoms with E-state index in [4.69, 9.17) is 9.47 Å². The van der Waals surface area contributed by atoms with Gasteiger partial charge in [0.2, 0.25) is 0 Å². The van der Waals surface area contributed by atoms with Crippen LogP contribution in [-0.2, 0) is 9.47 Å². The fourth-order valence-electron chi connectivity index (χ4n) is 2.69. The summed E-state index contributed by atoms with van der Waals surface area (Å²) in [5.41, 5.74) is 3.17. The van der Waals surface area contributed by atoms with E-state index < -0.39 is 0 Å². The van der Waals surface area contributed by atoms with Gasteiger partial charge in [-0.15, -0.1) is 0 Å². The van der Waals surface area contributed by atoms with Crippen molar-refractivity contribution in [3.63, 3.8) is 0 Å². The minimum absolute atomic E-state index is 0.748. The van der Waals surface area contributed by atoms with Crippen LogP contribution in [0.1, 0.15) is 12.8 Å². The molecule has 0 aromatic rings. The van der Waals surface area contributed by atoms with Crippen molar-refractivity contribution in [2.75, 3.05) is 26.4 Å². The van der Waals surface area contributed by atoms with Crippen LogP contribution in [0.25, 0.3) is 0 Å². The minimum Gasteiger partial charge on any atom is -0.376 e. The van der Waals surface area contributed by atoms with E-state index >= 15 is 0 Å². The number of ether oxygens (including phenoxy) is 2. The lowest BCUT2D eigenvalue weighted by molar-refractivity contribution is 0.174. The second-order valence-corrected chi connectivity index (χ2v) is 4.05. The smallest absolute Gasteiger partial charge is 0.0684 e. The highest BCUT2D eigenvalue weighted by molar-refractivity contribution is 5.27. The molecule has 0 radical (unpaired) electrons. The van der Waals surface area contributed by atoms with Gasteiger partial charge in [-0.2, -0.15) is 0 Å². The molecule has 2 fully saturated rings. The zero-order valence-electron chi connectivity index (χ0n) is 7.21. The first-order valence-corrected chi connectivity index (χ1v) is 4.82. The Morgan fingerprint density at radius 1 is 0.833 bits per heavy atom. The van der Waals surface area contributed by atoms with E-state index in [2.05, 4.69) is 0 Å². The van der Waals surface area contributed by atoms with Crippen molar-refractivity contribution in [1.29, 1.82) is 0 Å². The molecule has 0 aromatic heterocycles.